The lowest BCUT2D eigenvalue weighted by Crippen LogP contribution is -2.41. The van der Waals surface area contributed by atoms with Crippen molar-refractivity contribution in [3.05, 3.63) is 105 Å². The molecule has 3 heterocycles. The normalized spacial score (nSPS) is 13.7. The quantitative estimate of drug-likeness (QED) is 0.359. The molecule has 0 unspecified atom stereocenters. The minimum Gasteiger partial charge on any atom is -0.495 e. The molecule has 0 fully saturated rings. The van der Waals surface area contributed by atoms with Gasteiger partial charge in [-0.1, -0.05) is 17.7 Å². The lowest BCUT2D eigenvalue weighted by atomic mass is 10.0. The second-order valence-electron chi connectivity index (χ2n) is 8.69. The van der Waals surface area contributed by atoms with E-state index in [2.05, 4.69) is 9.71 Å². The highest BCUT2D eigenvalue weighted by molar-refractivity contribution is 7.90. The van der Waals surface area contributed by atoms with Crippen LogP contribution in [0.15, 0.2) is 65.6 Å². The molecule has 4 aromatic rings. The van der Waals surface area contributed by atoms with Crippen molar-refractivity contribution < 1.29 is 26.3 Å². The molecule has 0 atom stereocenters. The van der Waals surface area contributed by atoms with Crippen molar-refractivity contribution in [3.63, 3.8) is 0 Å². The van der Waals surface area contributed by atoms with Crippen molar-refractivity contribution >= 4 is 27.6 Å². The molecule has 8 nitrogen and oxygen atoms in total. The van der Waals surface area contributed by atoms with Gasteiger partial charge < -0.3 is 4.74 Å². The van der Waals surface area contributed by atoms with Crippen LogP contribution in [0.4, 0.5) is 19.0 Å². The summed E-state index contributed by atoms with van der Waals surface area (Å²) in [6.45, 7) is -0.0888. The number of benzene rings is 2. The Morgan fingerprint density at radius 1 is 1.03 bits per heavy atom. The van der Waals surface area contributed by atoms with Crippen LogP contribution in [0.25, 0.3) is 16.8 Å². The average Bonchev–Trinajstić information content (AvgIpc) is 2.89. The summed E-state index contributed by atoms with van der Waals surface area (Å²) in [6, 6.07) is 11.1. The first-order chi connectivity index (χ1) is 18.6. The van der Waals surface area contributed by atoms with Crippen molar-refractivity contribution in [2.75, 3.05) is 18.4 Å². The standard InChI is InChI=1S/C26H20ClF3N4O4S/c1-38-24-11-20(16-8-17(27)10-19(29)9-16)21(30)12-23(24)34-22-6-7-33(14-15(22)2-5-26(34)35)39(36,37)32-25-4-3-18(28)13-31-25/h2-5,8-13H,6-7,14H2,1H3,(H,31,32). The Balaban J connectivity index is 1.52. The molecule has 0 spiro atoms. The van der Waals surface area contributed by atoms with Gasteiger partial charge in [0.2, 0.25) is 0 Å². The molecule has 0 aliphatic carbocycles. The zero-order valence-electron chi connectivity index (χ0n) is 20.3. The third-order valence-electron chi connectivity index (χ3n) is 6.22. The van der Waals surface area contributed by atoms with Crippen LogP contribution in [0.5, 0.6) is 5.75 Å². The molecule has 0 radical (unpaired) electrons. The van der Waals surface area contributed by atoms with Gasteiger partial charge in [-0.25, -0.2) is 18.2 Å². The largest absolute Gasteiger partial charge is 0.495 e. The van der Waals surface area contributed by atoms with E-state index in [0.717, 1.165) is 34.8 Å². The van der Waals surface area contributed by atoms with Gasteiger partial charge in [0, 0.05) is 47.9 Å². The van der Waals surface area contributed by atoms with Crippen LogP contribution >= 0.6 is 11.6 Å². The number of nitrogens with one attached hydrogen (secondary N) is 1. The van der Waals surface area contributed by atoms with Gasteiger partial charge in [-0.15, -0.1) is 0 Å². The molecular weight excluding hydrogens is 557 g/mol. The van der Waals surface area contributed by atoms with E-state index < -0.39 is 33.2 Å². The summed E-state index contributed by atoms with van der Waals surface area (Å²) < 4.78 is 78.5. The van der Waals surface area contributed by atoms with E-state index in [-0.39, 0.29) is 52.9 Å². The van der Waals surface area contributed by atoms with E-state index in [0.29, 0.717) is 11.3 Å². The number of nitrogens with zero attached hydrogens (tertiary/aromatic N) is 3. The fourth-order valence-electron chi connectivity index (χ4n) is 4.45. The van der Waals surface area contributed by atoms with E-state index in [4.69, 9.17) is 16.3 Å². The molecule has 5 rings (SSSR count). The Hall–Kier alpha value is -3.87. The number of pyridine rings is 2. The summed E-state index contributed by atoms with van der Waals surface area (Å²) >= 11 is 5.94. The van der Waals surface area contributed by atoms with Crippen molar-refractivity contribution in [2.24, 2.45) is 0 Å². The number of halogens is 4. The zero-order chi connectivity index (χ0) is 27.9. The fourth-order valence-corrected chi connectivity index (χ4v) is 5.83. The predicted octanol–water partition coefficient (Wildman–Crippen LogP) is 4.69. The lowest BCUT2D eigenvalue weighted by Gasteiger charge is -2.30. The Bertz CT molecular complexity index is 1730. The zero-order valence-corrected chi connectivity index (χ0v) is 21.9. The van der Waals surface area contributed by atoms with Gasteiger partial charge >= 0.3 is 10.2 Å². The molecule has 0 saturated carbocycles. The maximum atomic E-state index is 15.4. The molecule has 13 heteroatoms. The summed E-state index contributed by atoms with van der Waals surface area (Å²) in [4.78, 5) is 16.7. The van der Waals surface area contributed by atoms with Gasteiger partial charge in [-0.2, -0.15) is 12.7 Å². The van der Waals surface area contributed by atoms with Crippen LogP contribution in [0.3, 0.4) is 0 Å². The first-order valence-electron chi connectivity index (χ1n) is 11.5. The van der Waals surface area contributed by atoms with Gasteiger partial charge in [0.25, 0.3) is 5.56 Å². The highest BCUT2D eigenvalue weighted by Gasteiger charge is 2.30. The Morgan fingerprint density at radius 2 is 1.82 bits per heavy atom. The van der Waals surface area contributed by atoms with Crippen LogP contribution in [0.2, 0.25) is 5.02 Å². The van der Waals surface area contributed by atoms with E-state index in [1.807, 2.05) is 0 Å². The first kappa shape index (κ1) is 26.7. The number of methoxy groups -OCH3 is 1. The molecule has 2 aromatic carbocycles. The Labute approximate surface area is 226 Å². The average molecular weight is 577 g/mol. The van der Waals surface area contributed by atoms with Gasteiger partial charge in [0.15, 0.2) is 0 Å². The summed E-state index contributed by atoms with van der Waals surface area (Å²) in [5, 5.41) is 0.0880. The third-order valence-corrected chi connectivity index (χ3v) is 7.89. The van der Waals surface area contributed by atoms with Crippen molar-refractivity contribution in [3.8, 4) is 22.6 Å². The van der Waals surface area contributed by atoms with E-state index >= 15 is 4.39 Å². The molecular formula is C26H20ClF3N4O4S. The smallest absolute Gasteiger partial charge is 0.303 e. The monoisotopic (exact) mass is 576 g/mol. The van der Waals surface area contributed by atoms with Crippen molar-refractivity contribution in [1.82, 2.24) is 13.9 Å². The Kier molecular flexibility index (Phi) is 7.10. The van der Waals surface area contributed by atoms with Crippen LogP contribution in [-0.2, 0) is 23.2 Å². The molecule has 1 aliphatic heterocycles. The maximum absolute atomic E-state index is 15.4. The minimum atomic E-state index is -4.06. The molecule has 0 bridgehead atoms. The number of rotatable bonds is 6. The van der Waals surface area contributed by atoms with Crippen LogP contribution in [0, 0.1) is 17.5 Å². The first-order valence-corrected chi connectivity index (χ1v) is 13.3. The van der Waals surface area contributed by atoms with Crippen molar-refractivity contribution in [1.29, 1.82) is 0 Å². The second kappa shape index (κ2) is 10.4. The topological polar surface area (TPSA) is 93.5 Å². The molecule has 202 valence electrons. The SMILES string of the molecule is COc1cc(-c2cc(F)cc(Cl)c2)c(F)cc1-n1c2c(ccc1=O)CN(S(=O)(=O)Nc1ccc(F)cn1)CC2. The summed E-state index contributed by atoms with van der Waals surface area (Å²) in [5.74, 6) is -1.90. The highest BCUT2D eigenvalue weighted by Crippen LogP contribution is 2.35. The minimum absolute atomic E-state index is 0.00233. The fraction of sp³-hybridized carbons (Fsp3) is 0.154. The number of aromatic nitrogens is 2. The molecule has 39 heavy (non-hydrogen) atoms. The number of fused-ring (bicyclic) bond motifs is 1. The summed E-state index contributed by atoms with van der Waals surface area (Å²) in [5.41, 5.74) is 0.835. The third kappa shape index (κ3) is 5.35. The van der Waals surface area contributed by atoms with Gasteiger partial charge in [-0.05, 0) is 47.5 Å². The number of hydrogen-bond donors (Lipinski definition) is 1. The highest BCUT2D eigenvalue weighted by atomic mass is 35.5. The molecule has 0 amide bonds. The maximum Gasteiger partial charge on any atom is 0.303 e. The molecule has 1 aliphatic rings. The summed E-state index contributed by atoms with van der Waals surface area (Å²) in [6.07, 6.45) is 1.01. The molecule has 2 aromatic heterocycles. The van der Waals surface area contributed by atoms with Crippen LogP contribution in [0.1, 0.15) is 11.3 Å². The number of hydrogen-bond acceptors (Lipinski definition) is 5. The van der Waals surface area contributed by atoms with E-state index in [9.17, 15) is 22.0 Å². The summed E-state index contributed by atoms with van der Waals surface area (Å²) in [7, 11) is -2.71. The van der Waals surface area contributed by atoms with Crippen LogP contribution < -0.4 is 15.0 Å². The Morgan fingerprint density at radius 3 is 2.51 bits per heavy atom. The van der Waals surface area contributed by atoms with Crippen molar-refractivity contribution in [2.45, 2.75) is 13.0 Å². The predicted molar refractivity (Wildman–Crippen MR) is 140 cm³/mol. The van der Waals surface area contributed by atoms with E-state index in [1.54, 1.807) is 0 Å². The lowest BCUT2D eigenvalue weighted by molar-refractivity contribution is 0.385. The molecule has 0 saturated heterocycles. The van der Waals surface area contributed by atoms with E-state index in [1.165, 1.54) is 42.0 Å². The number of anilines is 1. The van der Waals surface area contributed by atoms with Gasteiger partial charge in [-0.3, -0.25) is 14.1 Å². The second-order valence-corrected chi connectivity index (χ2v) is 10.8. The van der Waals surface area contributed by atoms with Crippen LogP contribution in [-0.4, -0.2) is 35.9 Å². The molecule has 1 N–H and O–H groups in total. The number of ether oxygens (including phenoxy) is 1. The van der Waals surface area contributed by atoms with Gasteiger partial charge in [0.1, 0.15) is 29.0 Å². The van der Waals surface area contributed by atoms with Gasteiger partial charge in [0.05, 0.1) is 19.0 Å².